The number of hydroxylamine groups is 2. The number of carbonyl (C=O) groups is 8. The van der Waals surface area contributed by atoms with Crippen LogP contribution in [0.15, 0.2) is 0 Å². The van der Waals surface area contributed by atoms with Crippen molar-refractivity contribution in [3.63, 3.8) is 0 Å². The van der Waals surface area contributed by atoms with Gasteiger partial charge in [0.15, 0.2) is 0 Å². The number of hydrogen-bond donors (Lipinski definition) is 5. The van der Waals surface area contributed by atoms with Crippen molar-refractivity contribution in [2.24, 2.45) is 0 Å². The molecule has 0 bridgehead atoms. The van der Waals surface area contributed by atoms with E-state index in [1.807, 2.05) is 0 Å². The molecule has 0 aromatic rings. The predicted octanol–water partition coefficient (Wildman–Crippen LogP) is -2.46. The van der Waals surface area contributed by atoms with E-state index in [4.69, 9.17) is 4.84 Å². The Morgan fingerprint density at radius 1 is 0.578 bits per heavy atom. The van der Waals surface area contributed by atoms with Crippen LogP contribution in [-0.2, 0) is 43.2 Å². The van der Waals surface area contributed by atoms with E-state index in [1.54, 1.807) is 9.80 Å². The number of imide groups is 1. The first-order valence-electron chi connectivity index (χ1n) is 14.2. The van der Waals surface area contributed by atoms with Gasteiger partial charge >= 0.3 is 35.8 Å². The van der Waals surface area contributed by atoms with Gasteiger partial charge in [0.05, 0.1) is 39.3 Å². The first kappa shape index (κ1) is 37.0. The zero-order valence-electron chi connectivity index (χ0n) is 24.6. The van der Waals surface area contributed by atoms with Gasteiger partial charge in [-0.2, -0.15) is 0 Å². The van der Waals surface area contributed by atoms with Crippen LogP contribution in [0.5, 0.6) is 0 Å². The number of aliphatic carboxylic acids is 5. The molecule has 0 aromatic carbocycles. The molecule has 45 heavy (non-hydrogen) atoms. The summed E-state index contributed by atoms with van der Waals surface area (Å²) < 4.78 is 0. The van der Waals surface area contributed by atoms with Crippen LogP contribution in [0, 0.1) is 0 Å². The fourth-order valence-corrected chi connectivity index (χ4v) is 5.53. The third-order valence-corrected chi connectivity index (χ3v) is 7.34. The van der Waals surface area contributed by atoms with Crippen molar-refractivity contribution in [2.45, 2.75) is 50.6 Å². The highest BCUT2D eigenvalue weighted by atomic mass is 16.7. The molecule has 1 heterocycles. The van der Waals surface area contributed by atoms with E-state index in [-0.39, 0.29) is 39.0 Å². The SMILES string of the molecule is O=C(O)CN(CCN(CC(=O)O)C1CCCCC1N(CCN(CC(=O)O)CC(=O)O)CC(=O)ON1C(=O)CCC1=O)CC(=O)O. The first-order valence-corrected chi connectivity index (χ1v) is 14.2. The molecule has 2 rings (SSSR count). The summed E-state index contributed by atoms with van der Waals surface area (Å²) in [6, 6.07) is -1.15. The van der Waals surface area contributed by atoms with Crippen LogP contribution in [0.25, 0.3) is 0 Å². The van der Waals surface area contributed by atoms with E-state index < -0.39 is 99.0 Å². The van der Waals surface area contributed by atoms with Gasteiger partial charge in [0.2, 0.25) is 0 Å². The third kappa shape index (κ3) is 13.1. The highest BCUT2D eigenvalue weighted by molar-refractivity contribution is 6.01. The van der Waals surface area contributed by atoms with Gasteiger partial charge in [-0.3, -0.25) is 53.2 Å². The van der Waals surface area contributed by atoms with Gasteiger partial charge in [0, 0.05) is 51.1 Å². The van der Waals surface area contributed by atoms with Crippen LogP contribution in [0.4, 0.5) is 0 Å². The molecule has 252 valence electrons. The van der Waals surface area contributed by atoms with Crippen molar-refractivity contribution in [1.82, 2.24) is 24.7 Å². The predicted molar refractivity (Wildman–Crippen MR) is 147 cm³/mol. The fraction of sp³-hybridized carbons (Fsp3) is 0.692. The molecule has 0 spiro atoms. The summed E-state index contributed by atoms with van der Waals surface area (Å²) in [6.07, 6.45) is 1.88. The van der Waals surface area contributed by atoms with Gasteiger partial charge in [-0.1, -0.05) is 12.8 Å². The molecule has 1 aliphatic carbocycles. The molecule has 2 amide bonds. The molecule has 1 saturated carbocycles. The van der Waals surface area contributed by atoms with Gasteiger partial charge in [0.25, 0.3) is 11.8 Å². The van der Waals surface area contributed by atoms with E-state index in [9.17, 15) is 63.9 Å². The average Bonchev–Trinajstić information content (AvgIpc) is 3.23. The Hall–Kier alpha value is -4.20. The van der Waals surface area contributed by atoms with Crippen LogP contribution in [-0.4, -0.2) is 175 Å². The van der Waals surface area contributed by atoms with Gasteiger partial charge < -0.3 is 30.4 Å². The molecule has 2 unspecified atom stereocenters. The topological polar surface area (TPSA) is 263 Å². The van der Waals surface area contributed by atoms with E-state index in [1.165, 1.54) is 0 Å². The monoisotopic (exact) mass is 645 g/mol. The van der Waals surface area contributed by atoms with Crippen molar-refractivity contribution in [3.05, 3.63) is 0 Å². The number of nitrogens with zero attached hydrogens (tertiary/aromatic N) is 5. The summed E-state index contributed by atoms with van der Waals surface area (Å²) >= 11 is 0. The van der Waals surface area contributed by atoms with Crippen LogP contribution >= 0.6 is 0 Å². The maximum absolute atomic E-state index is 13.0. The fourth-order valence-electron chi connectivity index (χ4n) is 5.53. The molecule has 2 aliphatic rings. The summed E-state index contributed by atoms with van der Waals surface area (Å²) in [4.78, 5) is 104. The van der Waals surface area contributed by atoms with E-state index >= 15 is 0 Å². The third-order valence-electron chi connectivity index (χ3n) is 7.34. The number of hydrogen-bond acceptors (Lipinski definition) is 13. The van der Waals surface area contributed by atoms with Crippen molar-refractivity contribution in [2.75, 3.05) is 65.4 Å². The molecule has 19 nitrogen and oxygen atoms in total. The minimum absolute atomic E-state index is 0.0484. The minimum atomic E-state index is -1.29. The number of amides is 2. The maximum Gasteiger partial charge on any atom is 0.347 e. The first-order chi connectivity index (χ1) is 21.2. The summed E-state index contributed by atoms with van der Waals surface area (Å²) in [5.74, 6) is -8.74. The number of carbonyl (C=O) groups excluding carboxylic acids is 3. The normalized spacial score (nSPS) is 18.6. The average molecular weight is 646 g/mol. The van der Waals surface area contributed by atoms with E-state index in [0.717, 1.165) is 9.80 Å². The second-order valence-corrected chi connectivity index (χ2v) is 10.8. The quantitative estimate of drug-likeness (QED) is 0.0810. The highest BCUT2D eigenvalue weighted by Gasteiger charge is 2.38. The zero-order valence-corrected chi connectivity index (χ0v) is 24.6. The van der Waals surface area contributed by atoms with Gasteiger partial charge in [0.1, 0.15) is 0 Å². The lowest BCUT2D eigenvalue weighted by atomic mass is 9.87. The second-order valence-electron chi connectivity index (χ2n) is 10.8. The summed E-state index contributed by atoms with van der Waals surface area (Å²) in [5, 5.41) is 46.9. The molecule has 0 aromatic heterocycles. The lowest BCUT2D eigenvalue weighted by molar-refractivity contribution is -0.198. The van der Waals surface area contributed by atoms with Crippen molar-refractivity contribution < 1.29 is 68.7 Å². The zero-order chi connectivity index (χ0) is 33.7. The van der Waals surface area contributed by atoms with Crippen molar-refractivity contribution >= 4 is 47.6 Å². The van der Waals surface area contributed by atoms with E-state index in [0.29, 0.717) is 30.7 Å². The highest BCUT2D eigenvalue weighted by Crippen LogP contribution is 2.28. The molecule has 5 N–H and O–H groups in total. The van der Waals surface area contributed by atoms with Crippen LogP contribution in [0.3, 0.4) is 0 Å². The van der Waals surface area contributed by atoms with Crippen LogP contribution < -0.4 is 0 Å². The minimum Gasteiger partial charge on any atom is -0.480 e. The summed E-state index contributed by atoms with van der Waals surface area (Å²) in [7, 11) is 0. The lowest BCUT2D eigenvalue weighted by Gasteiger charge is -2.45. The lowest BCUT2D eigenvalue weighted by Crippen LogP contribution is -2.58. The number of rotatable bonds is 21. The molecule has 19 heteroatoms. The standard InChI is InChI=1S/C26H39N5O14/c32-19-5-6-20(33)31(19)45-26(44)16-30(10-8-28(13-23(38)39)14-24(40)41)18-4-2-1-3-17(18)29(15-25(42)43)9-7-27(11-21(34)35)12-22(36)37/h17-18H,1-16H2,(H,34,35)(H,36,37)(H,38,39)(H,40,41)(H,42,43). The van der Waals surface area contributed by atoms with Crippen LogP contribution in [0.1, 0.15) is 38.5 Å². The molecule has 1 saturated heterocycles. The van der Waals surface area contributed by atoms with Crippen molar-refractivity contribution in [3.8, 4) is 0 Å². The molecule has 0 radical (unpaired) electrons. The maximum atomic E-state index is 13.0. The number of carboxylic acid groups (broad SMARTS) is 5. The molecule has 2 fully saturated rings. The summed E-state index contributed by atoms with van der Waals surface area (Å²) in [5.41, 5.74) is 0. The second kappa shape index (κ2) is 17.9. The Balaban J connectivity index is 2.35. The van der Waals surface area contributed by atoms with Gasteiger partial charge in [-0.15, -0.1) is 5.06 Å². The largest absolute Gasteiger partial charge is 0.480 e. The smallest absolute Gasteiger partial charge is 0.347 e. The van der Waals surface area contributed by atoms with Gasteiger partial charge in [-0.05, 0) is 12.8 Å². The van der Waals surface area contributed by atoms with Crippen molar-refractivity contribution in [1.29, 1.82) is 0 Å². The Bertz CT molecular complexity index is 1090. The Kier molecular flexibility index (Phi) is 14.7. The number of carboxylic acids is 5. The van der Waals surface area contributed by atoms with Crippen LogP contribution in [0.2, 0.25) is 0 Å². The molecular weight excluding hydrogens is 606 g/mol. The Morgan fingerprint density at radius 2 is 0.933 bits per heavy atom. The van der Waals surface area contributed by atoms with E-state index in [2.05, 4.69) is 0 Å². The molecular formula is C26H39N5O14. The summed E-state index contributed by atoms with van der Waals surface area (Å²) in [6.45, 7) is -3.84. The molecule has 1 aliphatic heterocycles. The Morgan fingerprint density at radius 3 is 1.29 bits per heavy atom. The Labute approximate surface area is 257 Å². The van der Waals surface area contributed by atoms with Gasteiger partial charge in [-0.25, -0.2) is 4.79 Å². The molecule has 2 atom stereocenters.